The van der Waals surface area contributed by atoms with E-state index >= 15 is 0 Å². The molecule has 70 valence electrons. The second-order valence-corrected chi connectivity index (χ2v) is 3.21. The number of aromatic nitrogens is 1. The van der Waals surface area contributed by atoms with Crippen molar-refractivity contribution in [1.29, 1.82) is 0 Å². The van der Waals surface area contributed by atoms with Gasteiger partial charge in [0.1, 0.15) is 0 Å². The van der Waals surface area contributed by atoms with Gasteiger partial charge in [0.2, 0.25) is 0 Å². The van der Waals surface area contributed by atoms with Crippen molar-refractivity contribution in [3.05, 3.63) is 36.0 Å². The Morgan fingerprint density at radius 3 is 3.14 bits per heavy atom. The Kier molecular flexibility index (Phi) is 2.53. The molecule has 14 heavy (non-hydrogen) atoms. The summed E-state index contributed by atoms with van der Waals surface area (Å²) in [6.07, 6.45) is 7.10. The number of terminal acetylenes is 1. The minimum atomic E-state index is 0.614. The maximum atomic E-state index is 5.15. The number of rotatable bonds is 3. The molecule has 2 rings (SSSR count). The molecule has 0 saturated carbocycles. The van der Waals surface area contributed by atoms with Crippen LogP contribution in [0.5, 0.6) is 0 Å². The van der Waals surface area contributed by atoms with Gasteiger partial charge in [-0.2, -0.15) is 0 Å². The van der Waals surface area contributed by atoms with Gasteiger partial charge in [-0.3, -0.25) is 0 Å². The van der Waals surface area contributed by atoms with Crippen molar-refractivity contribution >= 4 is 10.9 Å². The van der Waals surface area contributed by atoms with E-state index in [0.717, 1.165) is 6.54 Å². The molecule has 0 atom stereocenters. The minimum absolute atomic E-state index is 0.614. The third kappa shape index (κ3) is 1.78. The Bertz CT molecular complexity index is 462. The van der Waals surface area contributed by atoms with Crippen LogP contribution in [-0.4, -0.2) is 11.5 Å². The summed E-state index contributed by atoms with van der Waals surface area (Å²) in [4.78, 5) is 3.18. The highest BCUT2D eigenvalue weighted by Crippen LogP contribution is 2.13. The summed E-state index contributed by atoms with van der Waals surface area (Å²) in [5, 5.41) is 4.40. The van der Waals surface area contributed by atoms with Crippen LogP contribution >= 0.6 is 0 Å². The second-order valence-electron chi connectivity index (χ2n) is 3.21. The van der Waals surface area contributed by atoms with Crippen LogP contribution in [0.1, 0.15) is 5.56 Å². The van der Waals surface area contributed by atoms with Crippen LogP contribution in [0, 0.1) is 12.3 Å². The topological polar surface area (TPSA) is 27.8 Å². The Labute approximate surface area is 83.3 Å². The summed E-state index contributed by atoms with van der Waals surface area (Å²) in [5.74, 6) is 2.55. The van der Waals surface area contributed by atoms with Gasteiger partial charge in [-0.15, -0.1) is 6.42 Å². The molecule has 0 unspecified atom stereocenters. The Hall–Kier alpha value is -1.72. The van der Waals surface area contributed by atoms with E-state index in [1.807, 2.05) is 6.20 Å². The van der Waals surface area contributed by atoms with Crippen molar-refractivity contribution in [3.8, 4) is 12.3 Å². The van der Waals surface area contributed by atoms with Crippen LogP contribution in [0.2, 0.25) is 0 Å². The Morgan fingerprint density at radius 2 is 2.29 bits per heavy atom. The molecule has 0 aliphatic carbocycles. The fourth-order valence-electron chi connectivity index (χ4n) is 1.48. The normalized spacial score (nSPS) is 10.2. The van der Waals surface area contributed by atoms with Crippen LogP contribution in [-0.2, 0) is 6.54 Å². The first kappa shape index (κ1) is 8.86. The lowest BCUT2D eigenvalue weighted by atomic mass is 10.1. The van der Waals surface area contributed by atoms with E-state index in [9.17, 15) is 0 Å². The van der Waals surface area contributed by atoms with Crippen LogP contribution in [0.4, 0.5) is 0 Å². The molecule has 2 N–H and O–H groups in total. The van der Waals surface area contributed by atoms with Crippen molar-refractivity contribution in [3.63, 3.8) is 0 Å². The highest BCUT2D eigenvalue weighted by atomic mass is 14.8. The Balaban J connectivity index is 2.14. The highest BCUT2D eigenvalue weighted by molar-refractivity contribution is 5.79. The lowest BCUT2D eigenvalue weighted by Gasteiger charge is -2.01. The van der Waals surface area contributed by atoms with E-state index in [1.165, 1.54) is 16.5 Å². The number of fused-ring (bicyclic) bond motifs is 1. The molecule has 2 heteroatoms. The fourth-order valence-corrected chi connectivity index (χ4v) is 1.48. The van der Waals surface area contributed by atoms with E-state index in [4.69, 9.17) is 6.42 Å². The third-order valence-corrected chi connectivity index (χ3v) is 2.18. The van der Waals surface area contributed by atoms with Gasteiger partial charge < -0.3 is 10.3 Å². The number of hydrogen-bond acceptors (Lipinski definition) is 1. The molecule has 0 spiro atoms. The highest BCUT2D eigenvalue weighted by Gasteiger charge is 1.95. The summed E-state index contributed by atoms with van der Waals surface area (Å²) in [5.41, 5.74) is 2.42. The average molecular weight is 184 g/mol. The SMILES string of the molecule is C#CCNCc1ccc2cc[nH]c2c1. The van der Waals surface area contributed by atoms with Crippen LogP contribution < -0.4 is 5.32 Å². The third-order valence-electron chi connectivity index (χ3n) is 2.18. The molecule has 2 aromatic rings. The predicted molar refractivity (Wildman–Crippen MR) is 58.8 cm³/mol. The molecule has 0 radical (unpaired) electrons. The van der Waals surface area contributed by atoms with E-state index in [2.05, 4.69) is 40.5 Å². The van der Waals surface area contributed by atoms with E-state index < -0.39 is 0 Å². The minimum Gasteiger partial charge on any atom is -0.361 e. The van der Waals surface area contributed by atoms with Gasteiger partial charge in [-0.05, 0) is 23.1 Å². The van der Waals surface area contributed by atoms with Gasteiger partial charge in [0.15, 0.2) is 0 Å². The van der Waals surface area contributed by atoms with Crippen molar-refractivity contribution in [2.45, 2.75) is 6.54 Å². The molecule has 0 bridgehead atoms. The van der Waals surface area contributed by atoms with E-state index in [0.29, 0.717) is 6.54 Å². The predicted octanol–water partition coefficient (Wildman–Crippen LogP) is 1.89. The molecule has 2 nitrogen and oxygen atoms in total. The molecule has 0 aliphatic rings. The van der Waals surface area contributed by atoms with Gasteiger partial charge >= 0.3 is 0 Å². The first-order valence-electron chi connectivity index (χ1n) is 4.60. The first-order valence-corrected chi connectivity index (χ1v) is 4.60. The lowest BCUT2D eigenvalue weighted by molar-refractivity contribution is 0.771. The Morgan fingerprint density at radius 1 is 1.36 bits per heavy atom. The molecule has 0 saturated heterocycles. The summed E-state index contributed by atoms with van der Waals surface area (Å²) >= 11 is 0. The van der Waals surface area contributed by atoms with Crippen molar-refractivity contribution in [2.24, 2.45) is 0 Å². The number of aromatic amines is 1. The van der Waals surface area contributed by atoms with Crippen LogP contribution in [0.25, 0.3) is 10.9 Å². The smallest absolute Gasteiger partial charge is 0.0576 e. The number of benzene rings is 1. The molecule has 0 fully saturated rings. The molecule has 1 aromatic heterocycles. The number of nitrogens with one attached hydrogen (secondary N) is 2. The van der Waals surface area contributed by atoms with Crippen molar-refractivity contribution < 1.29 is 0 Å². The summed E-state index contributed by atoms with van der Waals surface area (Å²) < 4.78 is 0. The second kappa shape index (κ2) is 3.99. The maximum absolute atomic E-state index is 5.15. The largest absolute Gasteiger partial charge is 0.361 e. The molecule has 0 amide bonds. The molecule has 0 aliphatic heterocycles. The van der Waals surface area contributed by atoms with Crippen LogP contribution in [0.3, 0.4) is 0 Å². The quantitative estimate of drug-likeness (QED) is 0.553. The monoisotopic (exact) mass is 184 g/mol. The maximum Gasteiger partial charge on any atom is 0.0576 e. The standard InChI is InChI=1S/C12H12N2/c1-2-6-13-9-10-3-4-11-5-7-14-12(11)8-10/h1,3-5,7-8,13-14H,6,9H2. The van der Waals surface area contributed by atoms with Gasteiger partial charge in [-0.1, -0.05) is 18.1 Å². The molecular formula is C12H12N2. The summed E-state index contributed by atoms with van der Waals surface area (Å²) in [6.45, 7) is 1.43. The fraction of sp³-hybridized carbons (Fsp3) is 0.167. The van der Waals surface area contributed by atoms with Gasteiger partial charge in [0.25, 0.3) is 0 Å². The molecule has 1 heterocycles. The first-order chi connectivity index (χ1) is 6.90. The summed E-state index contributed by atoms with van der Waals surface area (Å²) in [7, 11) is 0. The number of hydrogen-bond donors (Lipinski definition) is 2. The van der Waals surface area contributed by atoms with Crippen LogP contribution in [0.15, 0.2) is 30.5 Å². The molecule has 1 aromatic carbocycles. The zero-order valence-electron chi connectivity index (χ0n) is 7.88. The van der Waals surface area contributed by atoms with E-state index in [-0.39, 0.29) is 0 Å². The van der Waals surface area contributed by atoms with Gasteiger partial charge in [0.05, 0.1) is 6.54 Å². The zero-order valence-corrected chi connectivity index (χ0v) is 7.88. The zero-order chi connectivity index (χ0) is 9.80. The van der Waals surface area contributed by atoms with Gasteiger partial charge in [-0.25, -0.2) is 0 Å². The van der Waals surface area contributed by atoms with Crippen molar-refractivity contribution in [1.82, 2.24) is 10.3 Å². The number of H-pyrrole nitrogens is 1. The summed E-state index contributed by atoms with van der Waals surface area (Å²) in [6, 6.07) is 8.42. The van der Waals surface area contributed by atoms with Gasteiger partial charge in [0, 0.05) is 18.3 Å². The molecular weight excluding hydrogens is 172 g/mol. The average Bonchev–Trinajstić information content (AvgIpc) is 2.65. The van der Waals surface area contributed by atoms with Crippen molar-refractivity contribution in [2.75, 3.05) is 6.54 Å². The van der Waals surface area contributed by atoms with E-state index in [1.54, 1.807) is 0 Å². The lowest BCUT2D eigenvalue weighted by Crippen LogP contribution is -2.12.